The number of aromatic hydroxyl groups is 1. The predicted molar refractivity (Wildman–Crippen MR) is 120 cm³/mol. The van der Waals surface area contributed by atoms with Crippen LogP contribution in [0.3, 0.4) is 0 Å². The second-order valence-electron chi connectivity index (χ2n) is 6.83. The van der Waals surface area contributed by atoms with Crippen molar-refractivity contribution in [2.45, 2.75) is 6.92 Å². The first-order chi connectivity index (χ1) is 15.1. The number of nitrogens with zero attached hydrogens (tertiary/aromatic N) is 4. The van der Waals surface area contributed by atoms with Crippen molar-refractivity contribution in [3.63, 3.8) is 0 Å². The number of hydrazone groups is 1. The van der Waals surface area contributed by atoms with E-state index in [1.165, 1.54) is 18.5 Å². The van der Waals surface area contributed by atoms with Crippen molar-refractivity contribution in [1.82, 2.24) is 10.4 Å². The zero-order valence-electron chi connectivity index (χ0n) is 16.7. The summed E-state index contributed by atoms with van der Waals surface area (Å²) in [6.45, 7) is 1.84. The number of carbonyl (C=O) groups is 1. The fraction of sp³-hybridized carbons (Fsp3) is 0.0417. The van der Waals surface area contributed by atoms with Crippen molar-refractivity contribution in [3.8, 4) is 5.75 Å². The van der Waals surface area contributed by atoms with E-state index in [0.29, 0.717) is 16.8 Å². The summed E-state index contributed by atoms with van der Waals surface area (Å²) in [6.07, 6.45) is 2.83. The molecule has 0 aliphatic heterocycles. The summed E-state index contributed by atoms with van der Waals surface area (Å²) in [4.78, 5) is 16.2. The van der Waals surface area contributed by atoms with Gasteiger partial charge in [0, 0.05) is 22.8 Å². The number of hydrogen-bond acceptors (Lipinski definition) is 6. The smallest absolute Gasteiger partial charge is 0.272 e. The van der Waals surface area contributed by atoms with Crippen LogP contribution in [-0.4, -0.2) is 22.2 Å². The molecule has 1 amide bonds. The third-order valence-corrected chi connectivity index (χ3v) is 4.59. The van der Waals surface area contributed by atoms with Crippen molar-refractivity contribution in [2.24, 2.45) is 15.3 Å². The highest BCUT2D eigenvalue weighted by molar-refractivity contribution is 5.95. The second kappa shape index (κ2) is 8.96. The summed E-state index contributed by atoms with van der Waals surface area (Å²) in [5, 5.41) is 24.7. The van der Waals surface area contributed by atoms with E-state index in [1.54, 1.807) is 24.3 Å². The van der Waals surface area contributed by atoms with Gasteiger partial charge in [-0.1, -0.05) is 36.4 Å². The Morgan fingerprint density at radius 3 is 2.68 bits per heavy atom. The Morgan fingerprint density at radius 2 is 1.84 bits per heavy atom. The molecule has 1 aromatic heterocycles. The maximum atomic E-state index is 12.1. The maximum absolute atomic E-state index is 12.1. The van der Waals surface area contributed by atoms with E-state index in [2.05, 4.69) is 25.7 Å². The van der Waals surface area contributed by atoms with Crippen LogP contribution in [0, 0.1) is 6.92 Å². The number of fused-ring (bicyclic) bond motifs is 1. The molecule has 4 rings (SSSR count). The predicted octanol–water partition coefficient (Wildman–Crippen LogP) is 5.43. The van der Waals surface area contributed by atoms with Crippen molar-refractivity contribution >= 4 is 34.3 Å². The number of aromatic nitrogens is 1. The van der Waals surface area contributed by atoms with Crippen molar-refractivity contribution in [3.05, 3.63) is 95.8 Å². The Bertz CT molecular complexity index is 1290. The van der Waals surface area contributed by atoms with Crippen molar-refractivity contribution in [2.75, 3.05) is 0 Å². The van der Waals surface area contributed by atoms with Gasteiger partial charge in [0.2, 0.25) is 0 Å². The van der Waals surface area contributed by atoms with Crippen LogP contribution in [0.25, 0.3) is 10.8 Å². The van der Waals surface area contributed by atoms with E-state index in [4.69, 9.17) is 0 Å². The lowest BCUT2D eigenvalue weighted by atomic mass is 10.1. The Balaban J connectivity index is 1.50. The zero-order chi connectivity index (χ0) is 21.6. The largest absolute Gasteiger partial charge is 0.507 e. The number of phenolic OH excluding ortho intramolecular Hbond substituents is 1. The van der Waals surface area contributed by atoms with Crippen LogP contribution in [-0.2, 0) is 0 Å². The first-order valence-electron chi connectivity index (χ1n) is 9.59. The van der Waals surface area contributed by atoms with Gasteiger partial charge in [0.1, 0.15) is 5.75 Å². The first kappa shape index (κ1) is 19.9. The fourth-order valence-electron chi connectivity index (χ4n) is 2.94. The summed E-state index contributed by atoms with van der Waals surface area (Å²) in [5.74, 6) is -0.380. The standard InChI is InChI=1S/C24H19N5O2/c1-16-9-10-18(14-25-16)24(31)29-26-15-19-13-20(11-12-23(19)30)27-28-22-8-4-6-17-5-2-3-7-21(17)22/h2-15,30H,1H3,(H,29,31)/b26-15-,28-27?. The fourth-order valence-corrected chi connectivity index (χ4v) is 2.94. The highest BCUT2D eigenvalue weighted by Crippen LogP contribution is 2.28. The molecule has 4 aromatic rings. The van der Waals surface area contributed by atoms with E-state index in [1.807, 2.05) is 49.4 Å². The van der Waals surface area contributed by atoms with Crippen molar-refractivity contribution in [1.29, 1.82) is 0 Å². The van der Waals surface area contributed by atoms with Crippen LogP contribution in [0.2, 0.25) is 0 Å². The molecule has 0 unspecified atom stereocenters. The van der Waals surface area contributed by atoms with Gasteiger partial charge in [0.15, 0.2) is 0 Å². The van der Waals surface area contributed by atoms with Crippen LogP contribution in [0.15, 0.2) is 94.3 Å². The Morgan fingerprint density at radius 1 is 1.00 bits per heavy atom. The number of benzene rings is 3. The molecule has 0 bridgehead atoms. The molecule has 7 heteroatoms. The van der Waals surface area contributed by atoms with Gasteiger partial charge < -0.3 is 5.11 Å². The van der Waals surface area contributed by atoms with Crippen LogP contribution in [0.5, 0.6) is 5.75 Å². The highest BCUT2D eigenvalue weighted by Gasteiger charge is 2.05. The van der Waals surface area contributed by atoms with Crippen molar-refractivity contribution < 1.29 is 9.90 Å². The number of amides is 1. The summed E-state index contributed by atoms with van der Waals surface area (Å²) < 4.78 is 0. The molecule has 31 heavy (non-hydrogen) atoms. The average molecular weight is 409 g/mol. The van der Waals surface area contributed by atoms with E-state index < -0.39 is 5.91 Å². The first-order valence-corrected chi connectivity index (χ1v) is 9.59. The van der Waals surface area contributed by atoms with Crippen LogP contribution >= 0.6 is 0 Å². The monoisotopic (exact) mass is 409 g/mol. The van der Waals surface area contributed by atoms with E-state index in [-0.39, 0.29) is 5.75 Å². The van der Waals surface area contributed by atoms with Crippen LogP contribution in [0.4, 0.5) is 11.4 Å². The molecule has 3 aromatic carbocycles. The molecule has 1 heterocycles. The van der Waals surface area contributed by atoms with Gasteiger partial charge in [-0.05, 0) is 48.7 Å². The van der Waals surface area contributed by atoms with E-state index in [0.717, 1.165) is 22.2 Å². The number of rotatable bonds is 5. The van der Waals surface area contributed by atoms with Gasteiger partial charge in [0.05, 0.1) is 23.2 Å². The molecule has 0 atom stereocenters. The lowest BCUT2D eigenvalue weighted by Crippen LogP contribution is -2.17. The second-order valence-corrected chi connectivity index (χ2v) is 6.83. The molecule has 7 nitrogen and oxygen atoms in total. The third-order valence-electron chi connectivity index (χ3n) is 4.59. The molecular formula is C24H19N5O2. The number of carbonyl (C=O) groups excluding carboxylic acids is 1. The average Bonchev–Trinajstić information content (AvgIpc) is 2.79. The number of phenols is 1. The molecule has 0 fully saturated rings. The minimum atomic E-state index is -0.393. The molecule has 152 valence electrons. The minimum absolute atomic E-state index is 0.0131. The van der Waals surface area contributed by atoms with Crippen LogP contribution < -0.4 is 5.43 Å². The SMILES string of the molecule is Cc1ccc(C(=O)N/N=C\c2cc(N=Nc3cccc4ccccc34)ccc2O)cn1. The van der Waals surface area contributed by atoms with E-state index in [9.17, 15) is 9.90 Å². The summed E-state index contributed by atoms with van der Waals surface area (Å²) in [5.41, 5.74) is 5.32. The normalized spacial score (nSPS) is 11.4. The van der Waals surface area contributed by atoms with Crippen LogP contribution in [0.1, 0.15) is 21.6 Å². The number of hydrogen-bond donors (Lipinski definition) is 2. The molecular weight excluding hydrogens is 390 g/mol. The Labute approximate surface area is 178 Å². The summed E-state index contributed by atoms with van der Waals surface area (Å²) >= 11 is 0. The minimum Gasteiger partial charge on any atom is -0.507 e. The Kier molecular flexibility index (Phi) is 5.75. The van der Waals surface area contributed by atoms with Gasteiger partial charge in [-0.25, -0.2) is 5.43 Å². The lowest BCUT2D eigenvalue weighted by Gasteiger charge is -2.02. The molecule has 0 spiro atoms. The number of azo groups is 1. The molecule has 0 saturated heterocycles. The number of aryl methyl sites for hydroxylation is 1. The highest BCUT2D eigenvalue weighted by atomic mass is 16.3. The summed E-state index contributed by atoms with van der Waals surface area (Å²) in [6, 6.07) is 22.0. The number of nitrogens with one attached hydrogen (secondary N) is 1. The molecule has 0 aliphatic rings. The van der Waals surface area contributed by atoms with Gasteiger partial charge in [-0.2, -0.15) is 10.2 Å². The van der Waals surface area contributed by atoms with Gasteiger partial charge >= 0.3 is 0 Å². The zero-order valence-corrected chi connectivity index (χ0v) is 16.7. The Hall–Kier alpha value is -4.39. The van der Waals surface area contributed by atoms with Gasteiger partial charge in [-0.3, -0.25) is 9.78 Å². The summed E-state index contributed by atoms with van der Waals surface area (Å²) in [7, 11) is 0. The van der Waals surface area contributed by atoms with Gasteiger partial charge in [0.25, 0.3) is 5.91 Å². The molecule has 2 N–H and O–H groups in total. The molecule has 0 aliphatic carbocycles. The topological polar surface area (TPSA) is 99.3 Å². The number of pyridine rings is 1. The van der Waals surface area contributed by atoms with Gasteiger partial charge in [-0.15, -0.1) is 5.11 Å². The third kappa shape index (κ3) is 4.79. The maximum Gasteiger partial charge on any atom is 0.272 e. The quantitative estimate of drug-likeness (QED) is 0.261. The molecule has 0 radical (unpaired) electrons. The van der Waals surface area contributed by atoms with E-state index >= 15 is 0 Å². The lowest BCUT2D eigenvalue weighted by molar-refractivity contribution is 0.0954. The molecule has 0 saturated carbocycles.